The van der Waals surface area contributed by atoms with Crippen LogP contribution in [0.25, 0.3) is 10.1 Å². The molecule has 0 spiro atoms. The van der Waals surface area contributed by atoms with Gasteiger partial charge in [0.15, 0.2) is 0 Å². The van der Waals surface area contributed by atoms with E-state index in [4.69, 9.17) is 0 Å². The molecule has 0 saturated carbocycles. The van der Waals surface area contributed by atoms with E-state index in [0.29, 0.717) is 0 Å². The number of rotatable bonds is 3. The highest BCUT2D eigenvalue weighted by Crippen LogP contribution is 2.26. The Morgan fingerprint density at radius 2 is 1.95 bits per heavy atom. The molecule has 0 aliphatic carbocycles. The van der Waals surface area contributed by atoms with Crippen molar-refractivity contribution in [2.75, 3.05) is 0 Å². The van der Waals surface area contributed by atoms with E-state index in [9.17, 15) is 4.79 Å². The van der Waals surface area contributed by atoms with Crippen molar-refractivity contribution >= 4 is 27.3 Å². The Bertz CT molecular complexity index is 736. The Morgan fingerprint density at radius 3 is 2.75 bits per heavy atom. The molecule has 100 valence electrons. The molecule has 4 heteroatoms. The molecule has 20 heavy (non-hydrogen) atoms. The van der Waals surface area contributed by atoms with Crippen molar-refractivity contribution in [1.29, 1.82) is 0 Å². The standard InChI is InChI=1S/C16H14N2OS/c1-11(12-6-8-17-9-7-12)18-16(19)14-10-20-15-5-3-2-4-13(14)15/h2-11H,1H3,(H,18,19). The summed E-state index contributed by atoms with van der Waals surface area (Å²) in [6.07, 6.45) is 3.47. The second-order valence-electron chi connectivity index (χ2n) is 4.62. The number of amides is 1. The van der Waals surface area contributed by atoms with E-state index in [-0.39, 0.29) is 11.9 Å². The predicted molar refractivity (Wildman–Crippen MR) is 81.9 cm³/mol. The fourth-order valence-corrected chi connectivity index (χ4v) is 3.10. The first kappa shape index (κ1) is 12.8. The number of hydrogen-bond acceptors (Lipinski definition) is 3. The number of benzene rings is 1. The van der Waals surface area contributed by atoms with Gasteiger partial charge in [-0.3, -0.25) is 9.78 Å². The minimum atomic E-state index is -0.0378. The first-order chi connectivity index (χ1) is 9.75. The molecule has 1 N–H and O–H groups in total. The van der Waals surface area contributed by atoms with Crippen LogP contribution in [-0.2, 0) is 0 Å². The average molecular weight is 282 g/mol. The van der Waals surface area contributed by atoms with Gasteiger partial charge in [-0.1, -0.05) is 18.2 Å². The van der Waals surface area contributed by atoms with E-state index >= 15 is 0 Å². The molecule has 0 saturated heterocycles. The Kier molecular flexibility index (Phi) is 3.48. The number of nitrogens with zero attached hydrogens (tertiary/aromatic N) is 1. The minimum Gasteiger partial charge on any atom is -0.345 e. The van der Waals surface area contributed by atoms with Gasteiger partial charge in [-0.25, -0.2) is 0 Å². The molecule has 2 heterocycles. The van der Waals surface area contributed by atoms with Crippen LogP contribution >= 0.6 is 11.3 Å². The molecule has 1 aromatic carbocycles. The van der Waals surface area contributed by atoms with Gasteiger partial charge in [0.2, 0.25) is 0 Å². The third-order valence-electron chi connectivity index (χ3n) is 3.28. The highest BCUT2D eigenvalue weighted by molar-refractivity contribution is 7.17. The molecule has 1 amide bonds. The van der Waals surface area contributed by atoms with Crippen LogP contribution in [0.4, 0.5) is 0 Å². The van der Waals surface area contributed by atoms with Crippen molar-refractivity contribution in [3.8, 4) is 0 Å². The van der Waals surface area contributed by atoms with Crippen LogP contribution in [0, 0.1) is 0 Å². The molecule has 0 fully saturated rings. The van der Waals surface area contributed by atoms with E-state index < -0.39 is 0 Å². The molecule has 0 bridgehead atoms. The summed E-state index contributed by atoms with van der Waals surface area (Å²) in [6.45, 7) is 1.97. The number of aromatic nitrogens is 1. The summed E-state index contributed by atoms with van der Waals surface area (Å²) in [5, 5.41) is 5.96. The molecule has 1 atom stereocenters. The molecule has 0 radical (unpaired) electrons. The number of fused-ring (bicyclic) bond motifs is 1. The van der Waals surface area contributed by atoms with Crippen molar-refractivity contribution < 1.29 is 4.79 Å². The van der Waals surface area contributed by atoms with Crippen LogP contribution in [0.2, 0.25) is 0 Å². The second-order valence-corrected chi connectivity index (χ2v) is 5.53. The summed E-state index contributed by atoms with van der Waals surface area (Å²) in [7, 11) is 0. The lowest BCUT2D eigenvalue weighted by molar-refractivity contribution is 0.0942. The van der Waals surface area contributed by atoms with Crippen molar-refractivity contribution in [3.05, 3.63) is 65.3 Å². The van der Waals surface area contributed by atoms with Gasteiger partial charge in [0, 0.05) is 27.9 Å². The maximum Gasteiger partial charge on any atom is 0.253 e. The van der Waals surface area contributed by atoms with Gasteiger partial charge in [-0.15, -0.1) is 11.3 Å². The Balaban J connectivity index is 1.83. The van der Waals surface area contributed by atoms with Crippen LogP contribution in [0.15, 0.2) is 54.2 Å². The van der Waals surface area contributed by atoms with Crippen molar-refractivity contribution in [3.63, 3.8) is 0 Å². The number of carbonyl (C=O) groups is 1. The molecule has 2 aromatic heterocycles. The Morgan fingerprint density at radius 1 is 1.20 bits per heavy atom. The smallest absolute Gasteiger partial charge is 0.253 e. The van der Waals surface area contributed by atoms with Crippen molar-refractivity contribution in [1.82, 2.24) is 10.3 Å². The first-order valence-corrected chi connectivity index (χ1v) is 7.30. The van der Waals surface area contributed by atoms with Crippen LogP contribution in [0.3, 0.4) is 0 Å². The minimum absolute atomic E-state index is 0.0354. The van der Waals surface area contributed by atoms with Gasteiger partial charge in [0.05, 0.1) is 11.6 Å². The van der Waals surface area contributed by atoms with Crippen molar-refractivity contribution in [2.24, 2.45) is 0 Å². The van der Waals surface area contributed by atoms with Crippen LogP contribution in [-0.4, -0.2) is 10.9 Å². The molecule has 0 aliphatic heterocycles. The van der Waals surface area contributed by atoms with Crippen molar-refractivity contribution in [2.45, 2.75) is 13.0 Å². The average Bonchev–Trinajstić information content (AvgIpc) is 2.92. The maximum atomic E-state index is 12.4. The molecule has 3 nitrogen and oxygen atoms in total. The largest absolute Gasteiger partial charge is 0.345 e. The fourth-order valence-electron chi connectivity index (χ4n) is 2.16. The molecular formula is C16H14N2OS. The van der Waals surface area contributed by atoms with Gasteiger partial charge >= 0.3 is 0 Å². The third kappa shape index (κ3) is 2.42. The summed E-state index contributed by atoms with van der Waals surface area (Å²) in [5.41, 5.74) is 1.79. The van der Waals surface area contributed by atoms with Gasteiger partial charge in [0.25, 0.3) is 5.91 Å². The number of hydrogen-bond donors (Lipinski definition) is 1. The highest BCUT2D eigenvalue weighted by Gasteiger charge is 2.14. The SMILES string of the molecule is CC(NC(=O)c1csc2ccccc12)c1ccncc1. The molecule has 1 unspecified atom stereocenters. The number of carbonyl (C=O) groups excluding carboxylic acids is 1. The molecule has 0 aliphatic rings. The van der Waals surface area contributed by atoms with E-state index in [0.717, 1.165) is 21.2 Å². The lowest BCUT2D eigenvalue weighted by atomic mass is 10.1. The zero-order chi connectivity index (χ0) is 13.9. The molecule has 3 rings (SSSR count). The van der Waals surface area contributed by atoms with Gasteiger partial charge in [-0.2, -0.15) is 0 Å². The zero-order valence-corrected chi connectivity index (χ0v) is 11.9. The van der Waals surface area contributed by atoms with E-state index in [1.54, 1.807) is 23.7 Å². The molecular weight excluding hydrogens is 268 g/mol. The first-order valence-electron chi connectivity index (χ1n) is 6.43. The van der Waals surface area contributed by atoms with Gasteiger partial charge in [-0.05, 0) is 30.7 Å². The zero-order valence-electron chi connectivity index (χ0n) is 11.0. The lowest BCUT2D eigenvalue weighted by Crippen LogP contribution is -2.26. The van der Waals surface area contributed by atoms with Crippen LogP contribution in [0.5, 0.6) is 0 Å². The summed E-state index contributed by atoms with van der Waals surface area (Å²) in [4.78, 5) is 16.4. The summed E-state index contributed by atoms with van der Waals surface area (Å²) in [6, 6.07) is 11.7. The Labute approximate surface area is 121 Å². The van der Waals surface area contributed by atoms with Gasteiger partial charge < -0.3 is 5.32 Å². The van der Waals surface area contributed by atoms with Crippen LogP contribution < -0.4 is 5.32 Å². The normalized spacial score (nSPS) is 12.2. The number of thiophene rings is 1. The lowest BCUT2D eigenvalue weighted by Gasteiger charge is -2.13. The van der Waals surface area contributed by atoms with E-state index in [1.165, 1.54) is 0 Å². The number of pyridine rings is 1. The maximum absolute atomic E-state index is 12.4. The summed E-state index contributed by atoms with van der Waals surface area (Å²) in [5.74, 6) is -0.0354. The third-order valence-corrected chi connectivity index (χ3v) is 4.24. The fraction of sp³-hybridized carbons (Fsp3) is 0.125. The van der Waals surface area contributed by atoms with E-state index in [2.05, 4.69) is 10.3 Å². The topological polar surface area (TPSA) is 42.0 Å². The van der Waals surface area contributed by atoms with E-state index in [1.807, 2.05) is 48.7 Å². The van der Waals surface area contributed by atoms with Crippen LogP contribution in [0.1, 0.15) is 28.9 Å². The summed E-state index contributed by atoms with van der Waals surface area (Å²) < 4.78 is 1.13. The Hall–Kier alpha value is -2.20. The quantitative estimate of drug-likeness (QED) is 0.794. The highest BCUT2D eigenvalue weighted by atomic mass is 32.1. The predicted octanol–water partition coefficient (Wildman–Crippen LogP) is 3.79. The monoisotopic (exact) mass is 282 g/mol. The summed E-state index contributed by atoms with van der Waals surface area (Å²) >= 11 is 1.59. The second kappa shape index (κ2) is 5.43. The van der Waals surface area contributed by atoms with Gasteiger partial charge in [0.1, 0.15) is 0 Å². The number of nitrogens with one attached hydrogen (secondary N) is 1. The molecule has 3 aromatic rings.